The molecule has 0 atom stereocenters. The highest BCUT2D eigenvalue weighted by Gasteiger charge is 2.31. The Labute approximate surface area is 94.6 Å². The van der Waals surface area contributed by atoms with Crippen molar-refractivity contribution >= 4 is 6.29 Å². The van der Waals surface area contributed by atoms with Gasteiger partial charge in [0.05, 0.1) is 0 Å². The SMILES string of the molecule is NC1(c2ccc(F)cc2C=O)CCCCC1. The molecule has 2 N–H and O–H groups in total. The van der Waals surface area contributed by atoms with Crippen LogP contribution in [0.5, 0.6) is 0 Å². The van der Waals surface area contributed by atoms with Crippen LogP contribution in [0.4, 0.5) is 4.39 Å². The maximum absolute atomic E-state index is 13.0. The molecular formula is C13H16FNO. The van der Waals surface area contributed by atoms with Gasteiger partial charge in [0, 0.05) is 11.1 Å². The van der Waals surface area contributed by atoms with Crippen molar-refractivity contribution in [3.8, 4) is 0 Å². The highest BCUT2D eigenvalue weighted by Crippen LogP contribution is 2.36. The number of aldehydes is 1. The third-order valence-electron chi connectivity index (χ3n) is 3.42. The second-order valence-corrected chi connectivity index (χ2v) is 4.57. The van der Waals surface area contributed by atoms with Crippen LogP contribution in [0.15, 0.2) is 18.2 Å². The normalized spacial score (nSPS) is 19.4. The van der Waals surface area contributed by atoms with Gasteiger partial charge in [-0.15, -0.1) is 0 Å². The number of hydrogen-bond acceptors (Lipinski definition) is 2. The van der Waals surface area contributed by atoms with E-state index in [1.165, 1.54) is 18.6 Å². The van der Waals surface area contributed by atoms with Crippen LogP contribution in [-0.4, -0.2) is 6.29 Å². The number of halogens is 1. The molecule has 0 saturated heterocycles. The van der Waals surface area contributed by atoms with Crippen molar-refractivity contribution in [2.24, 2.45) is 5.73 Å². The van der Waals surface area contributed by atoms with Crippen LogP contribution in [0.25, 0.3) is 0 Å². The largest absolute Gasteiger partial charge is 0.321 e. The third kappa shape index (κ3) is 2.00. The molecule has 2 nitrogen and oxygen atoms in total. The minimum atomic E-state index is -0.442. The van der Waals surface area contributed by atoms with Gasteiger partial charge < -0.3 is 5.73 Å². The zero-order chi connectivity index (χ0) is 11.6. The standard InChI is InChI=1S/C13H16FNO/c14-11-4-5-12(10(8-11)9-16)13(15)6-2-1-3-7-13/h4-5,8-9H,1-3,6-7,15H2. The van der Waals surface area contributed by atoms with Gasteiger partial charge in [-0.25, -0.2) is 4.39 Å². The number of hydrogen-bond donors (Lipinski definition) is 1. The molecule has 0 spiro atoms. The Morgan fingerprint density at radius 3 is 2.56 bits per heavy atom. The van der Waals surface area contributed by atoms with E-state index in [-0.39, 0.29) is 5.82 Å². The Bertz CT molecular complexity index is 397. The van der Waals surface area contributed by atoms with Crippen molar-refractivity contribution in [2.45, 2.75) is 37.6 Å². The predicted octanol–water partition coefficient (Wildman–Crippen LogP) is 2.76. The zero-order valence-corrected chi connectivity index (χ0v) is 9.21. The van der Waals surface area contributed by atoms with Gasteiger partial charge in [0.25, 0.3) is 0 Å². The average molecular weight is 221 g/mol. The van der Waals surface area contributed by atoms with Gasteiger partial charge in [-0.3, -0.25) is 4.79 Å². The molecule has 0 aromatic heterocycles. The fourth-order valence-corrected chi connectivity index (χ4v) is 2.54. The molecule has 1 aliphatic carbocycles. The average Bonchev–Trinajstić information content (AvgIpc) is 2.29. The Hall–Kier alpha value is -1.22. The second-order valence-electron chi connectivity index (χ2n) is 4.57. The van der Waals surface area contributed by atoms with Gasteiger partial charge in [0.15, 0.2) is 6.29 Å². The van der Waals surface area contributed by atoms with E-state index in [4.69, 9.17) is 5.73 Å². The van der Waals surface area contributed by atoms with Crippen LogP contribution in [0.1, 0.15) is 48.0 Å². The summed E-state index contributed by atoms with van der Waals surface area (Å²) in [6.45, 7) is 0. The van der Waals surface area contributed by atoms with Gasteiger partial charge in [-0.05, 0) is 30.5 Å². The summed E-state index contributed by atoms with van der Waals surface area (Å²) in [6, 6.07) is 4.31. The molecule has 3 heteroatoms. The van der Waals surface area contributed by atoms with E-state index in [1.54, 1.807) is 6.07 Å². The molecule has 0 heterocycles. The molecule has 1 aromatic rings. The fourth-order valence-electron chi connectivity index (χ4n) is 2.54. The third-order valence-corrected chi connectivity index (χ3v) is 3.42. The summed E-state index contributed by atoms with van der Waals surface area (Å²) in [7, 11) is 0. The summed E-state index contributed by atoms with van der Waals surface area (Å²) in [5.41, 5.74) is 7.07. The first-order valence-corrected chi connectivity index (χ1v) is 5.70. The lowest BCUT2D eigenvalue weighted by atomic mass is 9.76. The lowest BCUT2D eigenvalue weighted by Crippen LogP contribution is -2.39. The van der Waals surface area contributed by atoms with Crippen LogP contribution in [0.2, 0.25) is 0 Å². The number of nitrogens with two attached hydrogens (primary N) is 1. The molecule has 0 radical (unpaired) electrons. The molecule has 1 aromatic carbocycles. The first-order chi connectivity index (χ1) is 7.65. The van der Waals surface area contributed by atoms with E-state index < -0.39 is 5.54 Å². The van der Waals surface area contributed by atoms with E-state index in [1.807, 2.05) is 0 Å². The molecular weight excluding hydrogens is 205 g/mol. The topological polar surface area (TPSA) is 43.1 Å². The Morgan fingerprint density at radius 1 is 1.25 bits per heavy atom. The van der Waals surface area contributed by atoms with Gasteiger partial charge in [0.2, 0.25) is 0 Å². The van der Waals surface area contributed by atoms with Crippen molar-refractivity contribution < 1.29 is 9.18 Å². The van der Waals surface area contributed by atoms with Crippen molar-refractivity contribution in [3.63, 3.8) is 0 Å². The summed E-state index contributed by atoms with van der Waals surface area (Å²) in [5, 5.41) is 0. The molecule has 0 aliphatic heterocycles. The molecule has 16 heavy (non-hydrogen) atoms. The first-order valence-electron chi connectivity index (χ1n) is 5.70. The predicted molar refractivity (Wildman–Crippen MR) is 60.7 cm³/mol. The van der Waals surface area contributed by atoms with Crippen LogP contribution < -0.4 is 5.73 Å². The van der Waals surface area contributed by atoms with Crippen LogP contribution in [-0.2, 0) is 5.54 Å². The van der Waals surface area contributed by atoms with Crippen LogP contribution in [0.3, 0.4) is 0 Å². The lowest BCUT2D eigenvalue weighted by molar-refractivity contribution is 0.111. The van der Waals surface area contributed by atoms with E-state index in [0.29, 0.717) is 11.8 Å². The monoisotopic (exact) mass is 221 g/mol. The van der Waals surface area contributed by atoms with Gasteiger partial charge in [-0.1, -0.05) is 25.3 Å². The number of benzene rings is 1. The van der Waals surface area contributed by atoms with Crippen molar-refractivity contribution in [1.29, 1.82) is 0 Å². The van der Waals surface area contributed by atoms with E-state index in [0.717, 1.165) is 31.2 Å². The molecule has 0 amide bonds. The maximum atomic E-state index is 13.0. The summed E-state index contributed by atoms with van der Waals surface area (Å²) >= 11 is 0. The number of rotatable bonds is 2. The molecule has 1 saturated carbocycles. The van der Waals surface area contributed by atoms with Crippen LogP contribution in [0, 0.1) is 5.82 Å². The van der Waals surface area contributed by atoms with Crippen molar-refractivity contribution in [1.82, 2.24) is 0 Å². The molecule has 1 aliphatic rings. The second kappa shape index (κ2) is 4.34. The molecule has 86 valence electrons. The van der Waals surface area contributed by atoms with Crippen molar-refractivity contribution in [3.05, 3.63) is 35.1 Å². The fraction of sp³-hybridized carbons (Fsp3) is 0.462. The van der Waals surface area contributed by atoms with Gasteiger partial charge in [0.1, 0.15) is 5.82 Å². The van der Waals surface area contributed by atoms with Crippen molar-refractivity contribution in [2.75, 3.05) is 0 Å². The van der Waals surface area contributed by atoms with Gasteiger partial charge in [-0.2, -0.15) is 0 Å². The Morgan fingerprint density at radius 2 is 1.94 bits per heavy atom. The molecule has 0 unspecified atom stereocenters. The minimum Gasteiger partial charge on any atom is -0.321 e. The van der Waals surface area contributed by atoms with Crippen LogP contribution >= 0.6 is 0 Å². The maximum Gasteiger partial charge on any atom is 0.150 e. The summed E-state index contributed by atoms with van der Waals surface area (Å²) < 4.78 is 13.0. The van der Waals surface area contributed by atoms with E-state index >= 15 is 0 Å². The van der Waals surface area contributed by atoms with Gasteiger partial charge >= 0.3 is 0 Å². The molecule has 1 fully saturated rings. The molecule has 2 rings (SSSR count). The summed E-state index contributed by atoms with van der Waals surface area (Å²) in [5.74, 6) is -0.384. The number of carbonyl (C=O) groups excluding carboxylic acids is 1. The highest BCUT2D eigenvalue weighted by molar-refractivity contribution is 5.78. The quantitative estimate of drug-likeness (QED) is 0.780. The Balaban J connectivity index is 2.41. The zero-order valence-electron chi connectivity index (χ0n) is 9.21. The summed E-state index contributed by atoms with van der Waals surface area (Å²) in [4.78, 5) is 10.9. The lowest BCUT2D eigenvalue weighted by Gasteiger charge is -2.34. The molecule has 0 bridgehead atoms. The minimum absolute atomic E-state index is 0.384. The summed E-state index contributed by atoms with van der Waals surface area (Å²) in [6.07, 6.45) is 5.79. The first kappa shape index (κ1) is 11.3. The number of carbonyl (C=O) groups is 1. The highest BCUT2D eigenvalue weighted by atomic mass is 19.1. The van der Waals surface area contributed by atoms with E-state index in [9.17, 15) is 9.18 Å². The Kier molecular flexibility index (Phi) is 3.06. The smallest absolute Gasteiger partial charge is 0.150 e. The van der Waals surface area contributed by atoms with E-state index in [2.05, 4.69) is 0 Å².